The summed E-state index contributed by atoms with van der Waals surface area (Å²) in [5, 5.41) is 14.9. The van der Waals surface area contributed by atoms with Gasteiger partial charge >= 0.3 is 5.97 Å². The van der Waals surface area contributed by atoms with Crippen molar-refractivity contribution in [1.29, 1.82) is 0 Å². The Kier molecular flexibility index (Phi) is 9.26. The number of H-pyrrole nitrogens is 1. The molecule has 1 fully saturated rings. The van der Waals surface area contributed by atoms with Gasteiger partial charge in [0.25, 0.3) is 0 Å². The Hall–Kier alpha value is -3.38. The van der Waals surface area contributed by atoms with E-state index in [2.05, 4.69) is 33.2 Å². The number of likely N-dealkylation sites (tertiary alicyclic amines) is 1. The first kappa shape index (κ1) is 26.2. The molecule has 2 aromatic rings. The van der Waals surface area contributed by atoms with E-state index in [1.807, 2.05) is 30.3 Å². The van der Waals surface area contributed by atoms with E-state index in [0.717, 1.165) is 5.56 Å². The Morgan fingerprint density at radius 2 is 1.86 bits per heavy atom. The minimum atomic E-state index is -1.08. The molecule has 0 saturated carbocycles. The number of aliphatic carboxylic acids is 1. The number of aromatic nitrogens is 2. The third kappa shape index (κ3) is 7.06. The summed E-state index contributed by atoms with van der Waals surface area (Å²) in [6, 6.07) is 5.17. The molecule has 0 bridgehead atoms. The van der Waals surface area contributed by atoms with E-state index in [9.17, 15) is 24.3 Å². The monoisotopic (exact) mass is 502 g/mol. The Bertz CT molecular complexity index is 1020. The number of nitrogens with zero attached hydrogens (tertiary/aromatic N) is 2. The number of imidazole rings is 1. The first-order chi connectivity index (χ1) is 16.8. The Labute approximate surface area is 208 Å². The summed E-state index contributed by atoms with van der Waals surface area (Å²) in [7, 11) is 0. The minimum absolute atomic E-state index is 0.0879. The van der Waals surface area contributed by atoms with Gasteiger partial charge < -0.3 is 31.4 Å². The summed E-state index contributed by atoms with van der Waals surface area (Å²) in [5.41, 5.74) is 7.15. The molecule has 1 aromatic carbocycles. The Morgan fingerprint density at radius 1 is 1.14 bits per heavy atom. The maximum absolute atomic E-state index is 13.4. The second-order valence-corrected chi connectivity index (χ2v) is 8.78. The highest BCUT2D eigenvalue weighted by Crippen LogP contribution is 2.20. The van der Waals surface area contributed by atoms with Gasteiger partial charge in [-0.1, -0.05) is 30.3 Å². The van der Waals surface area contributed by atoms with Crippen molar-refractivity contribution in [1.82, 2.24) is 25.5 Å². The van der Waals surface area contributed by atoms with E-state index >= 15 is 0 Å². The van der Waals surface area contributed by atoms with Crippen LogP contribution in [0.4, 0.5) is 0 Å². The van der Waals surface area contributed by atoms with Crippen molar-refractivity contribution in [2.75, 3.05) is 12.3 Å². The summed E-state index contributed by atoms with van der Waals surface area (Å²) in [4.78, 5) is 59.0. The van der Waals surface area contributed by atoms with Gasteiger partial charge in [0, 0.05) is 37.0 Å². The van der Waals surface area contributed by atoms with Gasteiger partial charge in [0.05, 0.1) is 12.4 Å². The van der Waals surface area contributed by atoms with E-state index in [1.165, 1.54) is 17.4 Å². The fourth-order valence-electron chi connectivity index (χ4n) is 4.00. The number of rotatable bonds is 11. The van der Waals surface area contributed by atoms with Gasteiger partial charge in [-0.2, -0.15) is 12.6 Å². The zero-order valence-corrected chi connectivity index (χ0v) is 20.0. The van der Waals surface area contributed by atoms with Crippen LogP contribution in [0.5, 0.6) is 0 Å². The lowest BCUT2D eigenvalue weighted by Gasteiger charge is -2.29. The molecule has 1 aliphatic heterocycles. The fourth-order valence-corrected chi connectivity index (χ4v) is 4.16. The van der Waals surface area contributed by atoms with Crippen LogP contribution in [0.25, 0.3) is 0 Å². The third-order valence-electron chi connectivity index (χ3n) is 5.86. The maximum Gasteiger partial charge on any atom is 0.326 e. The van der Waals surface area contributed by atoms with Gasteiger partial charge in [-0.05, 0) is 18.4 Å². The lowest BCUT2D eigenvalue weighted by molar-refractivity contribution is -0.149. The van der Waals surface area contributed by atoms with Crippen LogP contribution in [0.2, 0.25) is 0 Å². The zero-order valence-electron chi connectivity index (χ0n) is 19.1. The van der Waals surface area contributed by atoms with Crippen LogP contribution in [-0.2, 0) is 32.0 Å². The quantitative estimate of drug-likeness (QED) is 0.225. The lowest BCUT2D eigenvalue weighted by Crippen LogP contribution is -2.58. The molecule has 4 atom stereocenters. The minimum Gasteiger partial charge on any atom is -0.480 e. The molecule has 3 rings (SSSR count). The Balaban J connectivity index is 1.83. The van der Waals surface area contributed by atoms with Crippen molar-refractivity contribution < 1.29 is 24.3 Å². The molecule has 0 radical (unpaired) electrons. The molecule has 2 heterocycles. The van der Waals surface area contributed by atoms with Crippen molar-refractivity contribution in [3.8, 4) is 0 Å². The summed E-state index contributed by atoms with van der Waals surface area (Å²) in [6.07, 6.45) is 4.15. The van der Waals surface area contributed by atoms with Crippen molar-refractivity contribution >= 4 is 36.3 Å². The summed E-state index contributed by atoms with van der Waals surface area (Å²) in [6.45, 7) is 0.294. The van der Waals surface area contributed by atoms with E-state index in [1.54, 1.807) is 0 Å². The van der Waals surface area contributed by atoms with Gasteiger partial charge in [-0.15, -0.1) is 0 Å². The van der Waals surface area contributed by atoms with Gasteiger partial charge in [-0.3, -0.25) is 14.4 Å². The summed E-state index contributed by atoms with van der Waals surface area (Å²) in [5.74, 6) is -2.63. The van der Waals surface area contributed by atoms with Crippen LogP contribution >= 0.6 is 12.6 Å². The van der Waals surface area contributed by atoms with Gasteiger partial charge in [0.1, 0.15) is 18.1 Å². The number of nitrogens with one attached hydrogen (secondary N) is 3. The molecule has 1 aliphatic rings. The predicted octanol–water partition coefficient (Wildman–Crippen LogP) is -0.503. The molecule has 188 valence electrons. The van der Waals surface area contributed by atoms with Crippen LogP contribution in [0.15, 0.2) is 42.9 Å². The molecule has 0 aliphatic carbocycles. The van der Waals surface area contributed by atoms with E-state index in [0.29, 0.717) is 25.1 Å². The second-order valence-electron chi connectivity index (χ2n) is 8.41. The normalized spacial score (nSPS) is 17.9. The van der Waals surface area contributed by atoms with Crippen molar-refractivity contribution in [2.24, 2.45) is 5.73 Å². The molecule has 0 spiro atoms. The lowest BCUT2D eigenvalue weighted by atomic mass is 10.0. The van der Waals surface area contributed by atoms with Crippen LogP contribution in [0, 0.1) is 0 Å². The molecule has 6 N–H and O–H groups in total. The molecule has 12 heteroatoms. The molecular weight excluding hydrogens is 472 g/mol. The van der Waals surface area contributed by atoms with Crippen LogP contribution in [-0.4, -0.2) is 80.1 Å². The largest absolute Gasteiger partial charge is 0.480 e. The number of hydrogen-bond acceptors (Lipinski definition) is 7. The van der Waals surface area contributed by atoms with Gasteiger partial charge in [0.15, 0.2) is 0 Å². The van der Waals surface area contributed by atoms with Crippen molar-refractivity contribution in [2.45, 2.75) is 49.9 Å². The highest BCUT2D eigenvalue weighted by Gasteiger charge is 2.38. The molecular formula is C23H30N6O5S. The number of benzene rings is 1. The number of nitrogens with two attached hydrogens (primary N) is 1. The van der Waals surface area contributed by atoms with E-state index < -0.39 is 47.9 Å². The average molecular weight is 503 g/mol. The summed E-state index contributed by atoms with van der Waals surface area (Å²) < 4.78 is 0. The number of amides is 3. The molecule has 35 heavy (non-hydrogen) atoms. The fraction of sp³-hybridized carbons (Fsp3) is 0.435. The zero-order chi connectivity index (χ0) is 25.4. The van der Waals surface area contributed by atoms with Gasteiger partial charge in [0.2, 0.25) is 17.7 Å². The number of hydrogen-bond donors (Lipinski definition) is 6. The van der Waals surface area contributed by atoms with E-state index in [-0.39, 0.29) is 18.6 Å². The number of carbonyl (C=O) groups excluding carboxylic acids is 3. The van der Waals surface area contributed by atoms with Crippen LogP contribution in [0.1, 0.15) is 24.1 Å². The first-order valence-electron chi connectivity index (χ1n) is 11.3. The molecule has 11 nitrogen and oxygen atoms in total. The first-order valence-corrected chi connectivity index (χ1v) is 11.9. The highest BCUT2D eigenvalue weighted by molar-refractivity contribution is 7.80. The molecule has 3 amide bonds. The van der Waals surface area contributed by atoms with E-state index in [4.69, 9.17) is 5.73 Å². The Morgan fingerprint density at radius 3 is 2.49 bits per heavy atom. The summed E-state index contributed by atoms with van der Waals surface area (Å²) >= 11 is 4.03. The average Bonchev–Trinajstić information content (AvgIpc) is 3.55. The number of aromatic amines is 1. The van der Waals surface area contributed by atoms with Crippen LogP contribution < -0.4 is 16.4 Å². The number of thiol groups is 1. The number of carboxylic acids is 1. The van der Waals surface area contributed by atoms with Crippen molar-refractivity contribution in [3.05, 3.63) is 54.1 Å². The SMILES string of the molecule is NC(CS)C(=O)NC(Cc1cnc[nH]1)C(=O)NC(Cc1ccccc1)C(=O)N1CCCC1C(=O)O. The topological polar surface area (TPSA) is 171 Å². The van der Waals surface area contributed by atoms with Gasteiger partial charge in [-0.25, -0.2) is 9.78 Å². The smallest absolute Gasteiger partial charge is 0.326 e. The standard InChI is InChI=1S/C23H30N6O5S/c24-16(12-35)20(30)27-17(10-15-11-25-13-26-15)21(31)28-18(9-14-5-2-1-3-6-14)22(32)29-8-4-7-19(29)23(33)34/h1-3,5-6,11,13,16-19,35H,4,7-10,12,24H2,(H,25,26)(H,27,30)(H,28,31)(H,33,34). The highest BCUT2D eigenvalue weighted by atomic mass is 32.1. The maximum atomic E-state index is 13.4. The van der Waals surface area contributed by atoms with Crippen LogP contribution in [0.3, 0.4) is 0 Å². The third-order valence-corrected chi connectivity index (χ3v) is 6.26. The predicted molar refractivity (Wildman–Crippen MR) is 130 cm³/mol. The number of carbonyl (C=O) groups is 4. The molecule has 1 saturated heterocycles. The molecule has 1 aromatic heterocycles. The van der Waals surface area contributed by atoms with Crippen molar-refractivity contribution in [3.63, 3.8) is 0 Å². The number of carboxylic acid groups (broad SMARTS) is 1. The second kappa shape index (κ2) is 12.4. The molecule has 4 unspecified atom stereocenters.